The van der Waals surface area contributed by atoms with Crippen LogP contribution in [0.2, 0.25) is 0 Å². The Hall–Kier alpha value is -1.22. The van der Waals surface area contributed by atoms with Crippen molar-refractivity contribution >= 4 is 11.4 Å². The first-order valence-electron chi connectivity index (χ1n) is 7.97. The normalized spacial score (nSPS) is 26.6. The van der Waals surface area contributed by atoms with Gasteiger partial charge in [-0.05, 0) is 50.1 Å². The molecule has 2 aliphatic heterocycles. The summed E-state index contributed by atoms with van der Waals surface area (Å²) in [7, 11) is 4.20. The fraction of sp³-hybridized carbons (Fsp3) is 0.647. The molecule has 1 aromatic rings. The van der Waals surface area contributed by atoms with Crippen molar-refractivity contribution in [1.82, 2.24) is 4.90 Å². The molecule has 2 fully saturated rings. The van der Waals surface area contributed by atoms with Crippen molar-refractivity contribution in [3.05, 3.63) is 24.3 Å². The molecule has 0 amide bonds. The zero-order valence-corrected chi connectivity index (χ0v) is 13.0. The lowest BCUT2D eigenvalue weighted by molar-refractivity contribution is 0.195. The van der Waals surface area contributed by atoms with Gasteiger partial charge in [0.05, 0.1) is 0 Å². The summed E-state index contributed by atoms with van der Waals surface area (Å²) in [6.07, 6.45) is 4.00. The summed E-state index contributed by atoms with van der Waals surface area (Å²) in [6.45, 7) is 6.09. The summed E-state index contributed by atoms with van der Waals surface area (Å²) < 4.78 is 0. The quantitative estimate of drug-likeness (QED) is 0.838. The maximum Gasteiger partial charge on any atom is 0.0415 e. The van der Waals surface area contributed by atoms with Gasteiger partial charge in [-0.1, -0.05) is 6.92 Å². The lowest BCUT2D eigenvalue weighted by atomic mass is 10.0. The third kappa shape index (κ3) is 2.51. The molecule has 110 valence electrons. The first-order valence-corrected chi connectivity index (χ1v) is 7.97. The third-order valence-corrected chi connectivity index (χ3v) is 4.96. The van der Waals surface area contributed by atoms with E-state index in [1.165, 1.54) is 50.3 Å². The molecule has 0 bridgehead atoms. The topological polar surface area (TPSA) is 9.72 Å². The number of hydrogen-bond acceptors (Lipinski definition) is 3. The van der Waals surface area contributed by atoms with E-state index in [-0.39, 0.29) is 0 Å². The Labute approximate surface area is 123 Å². The van der Waals surface area contributed by atoms with Crippen LogP contribution in [0.15, 0.2) is 24.3 Å². The van der Waals surface area contributed by atoms with Gasteiger partial charge in [0.25, 0.3) is 0 Å². The van der Waals surface area contributed by atoms with Gasteiger partial charge in [-0.25, -0.2) is 0 Å². The molecule has 2 saturated heterocycles. The molecule has 0 saturated carbocycles. The lowest BCUT2D eigenvalue weighted by Crippen LogP contribution is -2.56. The van der Waals surface area contributed by atoms with Gasteiger partial charge in [-0.15, -0.1) is 0 Å². The highest BCUT2D eigenvalue weighted by atomic mass is 15.3. The molecule has 3 heteroatoms. The van der Waals surface area contributed by atoms with Crippen LogP contribution in [0.1, 0.15) is 26.2 Å². The molecule has 2 heterocycles. The largest absolute Gasteiger partial charge is 0.378 e. The summed E-state index contributed by atoms with van der Waals surface area (Å²) >= 11 is 0. The summed E-state index contributed by atoms with van der Waals surface area (Å²) in [5.74, 6) is 0. The predicted octanol–water partition coefficient (Wildman–Crippen LogP) is 2.82. The van der Waals surface area contributed by atoms with Crippen LogP contribution in [0.4, 0.5) is 11.4 Å². The second kappa shape index (κ2) is 5.65. The zero-order valence-electron chi connectivity index (χ0n) is 13.0. The van der Waals surface area contributed by atoms with E-state index in [1.54, 1.807) is 0 Å². The Morgan fingerprint density at radius 1 is 1.15 bits per heavy atom. The third-order valence-electron chi connectivity index (χ3n) is 4.96. The molecule has 0 spiro atoms. The molecule has 20 heavy (non-hydrogen) atoms. The maximum atomic E-state index is 2.71. The minimum Gasteiger partial charge on any atom is -0.378 e. The van der Waals surface area contributed by atoms with Crippen molar-refractivity contribution in [2.75, 3.05) is 43.5 Å². The number of benzene rings is 1. The Morgan fingerprint density at radius 3 is 2.55 bits per heavy atom. The van der Waals surface area contributed by atoms with Crippen molar-refractivity contribution < 1.29 is 0 Å². The van der Waals surface area contributed by atoms with Crippen LogP contribution in [-0.4, -0.2) is 50.7 Å². The van der Waals surface area contributed by atoms with Gasteiger partial charge >= 0.3 is 0 Å². The monoisotopic (exact) mass is 273 g/mol. The Bertz CT molecular complexity index is 440. The fourth-order valence-corrected chi connectivity index (χ4v) is 3.70. The van der Waals surface area contributed by atoms with Gasteiger partial charge in [0.1, 0.15) is 0 Å². The van der Waals surface area contributed by atoms with Gasteiger partial charge in [0.15, 0.2) is 0 Å². The standard InChI is InChI=1S/C17H27N3/c1-4-14-12-19-11-5-6-17(19)13-20(14)16-9-7-15(8-10-16)18(2)3/h7-10,14,17H,4-6,11-13H2,1-3H3. The van der Waals surface area contributed by atoms with Gasteiger partial charge in [0, 0.05) is 50.6 Å². The number of anilines is 2. The van der Waals surface area contributed by atoms with Crippen molar-refractivity contribution in [3.63, 3.8) is 0 Å². The summed E-state index contributed by atoms with van der Waals surface area (Å²) in [5, 5.41) is 0. The van der Waals surface area contributed by atoms with E-state index in [0.29, 0.717) is 6.04 Å². The highest BCUT2D eigenvalue weighted by molar-refractivity contribution is 5.56. The van der Waals surface area contributed by atoms with Crippen molar-refractivity contribution in [1.29, 1.82) is 0 Å². The molecule has 0 radical (unpaired) electrons. The minimum absolute atomic E-state index is 0.676. The summed E-state index contributed by atoms with van der Waals surface area (Å²) in [4.78, 5) is 7.51. The second-order valence-electron chi connectivity index (χ2n) is 6.42. The predicted molar refractivity (Wildman–Crippen MR) is 86.8 cm³/mol. The van der Waals surface area contributed by atoms with Gasteiger partial charge in [0.2, 0.25) is 0 Å². The highest BCUT2D eigenvalue weighted by Gasteiger charge is 2.35. The van der Waals surface area contributed by atoms with Gasteiger partial charge in [-0.3, -0.25) is 4.90 Å². The summed E-state index contributed by atoms with van der Waals surface area (Å²) in [6, 6.07) is 10.5. The van der Waals surface area contributed by atoms with Crippen molar-refractivity contribution in [2.45, 2.75) is 38.3 Å². The van der Waals surface area contributed by atoms with E-state index in [2.05, 4.69) is 60.0 Å². The van der Waals surface area contributed by atoms with Crippen LogP contribution in [0.5, 0.6) is 0 Å². The minimum atomic E-state index is 0.676. The van der Waals surface area contributed by atoms with E-state index < -0.39 is 0 Å². The molecule has 2 unspecified atom stereocenters. The first kappa shape index (κ1) is 13.7. The lowest BCUT2D eigenvalue weighted by Gasteiger charge is -2.45. The van der Waals surface area contributed by atoms with Crippen molar-refractivity contribution in [3.8, 4) is 0 Å². The number of piperazine rings is 1. The SMILES string of the molecule is CCC1CN2CCCC2CN1c1ccc(N(C)C)cc1. The molecule has 3 nitrogen and oxygen atoms in total. The first-order chi connectivity index (χ1) is 9.69. The van der Waals surface area contributed by atoms with E-state index in [4.69, 9.17) is 0 Å². The number of hydrogen-bond donors (Lipinski definition) is 0. The average molecular weight is 273 g/mol. The molecular formula is C17H27N3. The van der Waals surface area contributed by atoms with E-state index >= 15 is 0 Å². The highest BCUT2D eigenvalue weighted by Crippen LogP contribution is 2.30. The van der Waals surface area contributed by atoms with E-state index in [1.807, 2.05) is 0 Å². The van der Waals surface area contributed by atoms with Crippen molar-refractivity contribution in [2.24, 2.45) is 0 Å². The smallest absolute Gasteiger partial charge is 0.0415 e. The molecule has 0 N–H and O–H groups in total. The Balaban J connectivity index is 1.79. The Morgan fingerprint density at radius 2 is 1.90 bits per heavy atom. The fourth-order valence-electron chi connectivity index (χ4n) is 3.70. The van der Waals surface area contributed by atoms with E-state index in [9.17, 15) is 0 Å². The molecule has 0 aliphatic carbocycles. The van der Waals surface area contributed by atoms with Crippen LogP contribution in [0.3, 0.4) is 0 Å². The number of fused-ring (bicyclic) bond motifs is 1. The second-order valence-corrected chi connectivity index (χ2v) is 6.42. The molecule has 2 aliphatic rings. The molecule has 1 aromatic carbocycles. The zero-order chi connectivity index (χ0) is 14.1. The average Bonchev–Trinajstić information content (AvgIpc) is 2.93. The molecular weight excluding hydrogens is 246 g/mol. The number of nitrogens with zero attached hydrogens (tertiary/aromatic N) is 3. The van der Waals surface area contributed by atoms with Gasteiger partial charge in [-0.2, -0.15) is 0 Å². The van der Waals surface area contributed by atoms with Crippen LogP contribution < -0.4 is 9.80 Å². The molecule has 3 rings (SSSR count). The molecule has 0 aromatic heterocycles. The van der Waals surface area contributed by atoms with Gasteiger partial charge < -0.3 is 9.80 Å². The van der Waals surface area contributed by atoms with Crippen LogP contribution >= 0.6 is 0 Å². The van der Waals surface area contributed by atoms with Crippen LogP contribution in [0.25, 0.3) is 0 Å². The number of rotatable bonds is 3. The van der Waals surface area contributed by atoms with E-state index in [0.717, 1.165) is 6.04 Å². The summed E-state index contributed by atoms with van der Waals surface area (Å²) in [5.41, 5.74) is 2.68. The molecule has 2 atom stereocenters. The van der Waals surface area contributed by atoms with Crippen LogP contribution in [0, 0.1) is 0 Å². The maximum absolute atomic E-state index is 2.71. The Kier molecular flexibility index (Phi) is 3.88. The van der Waals surface area contributed by atoms with Crippen LogP contribution in [-0.2, 0) is 0 Å².